The van der Waals surface area contributed by atoms with Crippen LogP contribution in [0.5, 0.6) is 0 Å². The summed E-state index contributed by atoms with van der Waals surface area (Å²) in [6.45, 7) is 5.41. The maximum atomic E-state index is 12.4. The first-order chi connectivity index (χ1) is 11.7. The van der Waals surface area contributed by atoms with Gasteiger partial charge >= 0.3 is 0 Å². The molecule has 0 bridgehead atoms. The van der Waals surface area contributed by atoms with Crippen molar-refractivity contribution in [3.63, 3.8) is 0 Å². The topological polar surface area (TPSA) is 69.0 Å². The van der Waals surface area contributed by atoms with Crippen LogP contribution in [0.4, 0.5) is 5.82 Å². The van der Waals surface area contributed by atoms with Crippen LogP contribution in [-0.4, -0.2) is 33.4 Å². The van der Waals surface area contributed by atoms with E-state index in [1.54, 1.807) is 0 Å². The minimum absolute atomic E-state index is 0.125. The van der Waals surface area contributed by atoms with Crippen LogP contribution < -0.4 is 5.32 Å². The molecule has 1 fully saturated rings. The molecule has 4 rings (SSSR count). The Morgan fingerprint density at radius 1 is 1.42 bits per heavy atom. The molecule has 0 spiro atoms. The lowest BCUT2D eigenvalue weighted by atomic mass is 10.1. The lowest BCUT2D eigenvalue weighted by Gasteiger charge is -2.08. The molecular formula is C18H20N4O2. The van der Waals surface area contributed by atoms with Gasteiger partial charge in [-0.15, -0.1) is 0 Å². The van der Waals surface area contributed by atoms with Crippen molar-refractivity contribution in [1.82, 2.24) is 14.8 Å². The summed E-state index contributed by atoms with van der Waals surface area (Å²) in [5.74, 6) is 0.433. The van der Waals surface area contributed by atoms with Crippen molar-refractivity contribution in [3.8, 4) is 0 Å². The van der Waals surface area contributed by atoms with Crippen LogP contribution in [0.2, 0.25) is 0 Å². The summed E-state index contributed by atoms with van der Waals surface area (Å²) in [4.78, 5) is 17.1. The summed E-state index contributed by atoms with van der Waals surface area (Å²) in [7, 11) is 0. The van der Waals surface area contributed by atoms with Gasteiger partial charge in [0.05, 0.1) is 10.9 Å². The Balaban J connectivity index is 1.80. The quantitative estimate of drug-likeness (QED) is 0.804. The van der Waals surface area contributed by atoms with E-state index < -0.39 is 0 Å². The maximum absolute atomic E-state index is 12.4. The smallest absolute Gasteiger partial charge is 0.254 e. The first-order valence-corrected chi connectivity index (χ1v) is 8.36. The molecule has 24 heavy (non-hydrogen) atoms. The lowest BCUT2D eigenvalue weighted by Crippen LogP contribution is -2.27. The summed E-state index contributed by atoms with van der Waals surface area (Å²) >= 11 is 0. The number of hydrogen-bond donors (Lipinski definition) is 1. The van der Waals surface area contributed by atoms with E-state index in [4.69, 9.17) is 9.72 Å². The molecule has 3 aromatic rings. The Morgan fingerprint density at radius 3 is 3.04 bits per heavy atom. The van der Waals surface area contributed by atoms with Gasteiger partial charge in [-0.25, -0.2) is 9.67 Å². The molecule has 1 atom stereocenters. The Labute approximate surface area is 139 Å². The van der Waals surface area contributed by atoms with Gasteiger partial charge < -0.3 is 10.1 Å². The molecule has 0 aliphatic carbocycles. The fraction of sp³-hybridized carbons (Fsp3) is 0.389. The zero-order chi connectivity index (χ0) is 16.7. The number of aromatic nitrogens is 3. The fourth-order valence-corrected chi connectivity index (χ4v) is 3.17. The van der Waals surface area contributed by atoms with Crippen molar-refractivity contribution >= 4 is 33.7 Å². The molecule has 0 unspecified atom stereocenters. The van der Waals surface area contributed by atoms with Crippen molar-refractivity contribution < 1.29 is 9.53 Å². The standard InChI is InChI=1S/C18H20N4O2/c1-3-22-17-13(10-12-9-11(2)6-7-14(12)19-17)16(21-22)20-18(23)15-5-4-8-24-15/h6-7,9-10,15H,3-5,8H2,1-2H3,(H,20,21,23)/t15-/m1/s1. The summed E-state index contributed by atoms with van der Waals surface area (Å²) < 4.78 is 7.28. The largest absolute Gasteiger partial charge is 0.368 e. The van der Waals surface area contributed by atoms with Crippen molar-refractivity contribution in [3.05, 3.63) is 29.8 Å². The normalized spacial score (nSPS) is 17.7. The van der Waals surface area contributed by atoms with Crippen LogP contribution in [-0.2, 0) is 16.1 Å². The molecule has 6 heteroatoms. The minimum Gasteiger partial charge on any atom is -0.368 e. The molecule has 2 aromatic heterocycles. The molecule has 6 nitrogen and oxygen atoms in total. The van der Waals surface area contributed by atoms with Crippen molar-refractivity contribution in [2.45, 2.75) is 39.3 Å². The molecule has 1 aliphatic heterocycles. The molecule has 1 aromatic carbocycles. The highest BCUT2D eigenvalue weighted by molar-refractivity contribution is 6.03. The summed E-state index contributed by atoms with van der Waals surface area (Å²) in [5.41, 5.74) is 2.90. The highest BCUT2D eigenvalue weighted by Gasteiger charge is 2.25. The van der Waals surface area contributed by atoms with Gasteiger partial charge in [0.2, 0.25) is 0 Å². The Morgan fingerprint density at radius 2 is 2.29 bits per heavy atom. The summed E-state index contributed by atoms with van der Waals surface area (Å²) in [6.07, 6.45) is 1.31. The average Bonchev–Trinajstić information content (AvgIpc) is 3.21. The first-order valence-electron chi connectivity index (χ1n) is 8.36. The van der Waals surface area contributed by atoms with Gasteiger partial charge in [-0.05, 0) is 44.9 Å². The molecule has 0 radical (unpaired) electrons. The number of benzene rings is 1. The molecule has 1 saturated heterocycles. The van der Waals surface area contributed by atoms with Crippen LogP contribution in [0.3, 0.4) is 0 Å². The number of anilines is 1. The molecule has 1 N–H and O–H groups in total. The zero-order valence-corrected chi connectivity index (χ0v) is 13.9. The summed E-state index contributed by atoms with van der Waals surface area (Å²) in [5, 5.41) is 9.37. The van der Waals surface area contributed by atoms with Crippen LogP contribution in [0.1, 0.15) is 25.3 Å². The number of nitrogens with one attached hydrogen (secondary N) is 1. The molecule has 124 valence electrons. The van der Waals surface area contributed by atoms with E-state index in [2.05, 4.69) is 29.5 Å². The summed E-state index contributed by atoms with van der Waals surface area (Å²) in [6, 6.07) is 8.21. The highest BCUT2D eigenvalue weighted by atomic mass is 16.5. The van der Waals surface area contributed by atoms with Crippen LogP contribution in [0.15, 0.2) is 24.3 Å². The predicted molar refractivity (Wildman–Crippen MR) is 93.0 cm³/mol. The number of carbonyl (C=O) groups excluding carboxylic acids is 1. The number of amides is 1. The van der Waals surface area contributed by atoms with E-state index >= 15 is 0 Å². The Hall–Kier alpha value is -2.47. The number of fused-ring (bicyclic) bond motifs is 2. The Kier molecular flexibility index (Phi) is 3.69. The lowest BCUT2D eigenvalue weighted by molar-refractivity contribution is -0.124. The van der Waals surface area contributed by atoms with E-state index in [1.807, 2.05) is 23.7 Å². The van der Waals surface area contributed by atoms with Gasteiger partial charge in [-0.2, -0.15) is 5.10 Å². The van der Waals surface area contributed by atoms with E-state index in [0.717, 1.165) is 34.8 Å². The third kappa shape index (κ3) is 2.53. The van der Waals surface area contributed by atoms with Gasteiger partial charge in [0.25, 0.3) is 5.91 Å². The minimum atomic E-state index is -0.373. The third-order valence-electron chi connectivity index (χ3n) is 4.43. The first kappa shape index (κ1) is 15.1. The fourth-order valence-electron chi connectivity index (χ4n) is 3.17. The van der Waals surface area contributed by atoms with E-state index in [-0.39, 0.29) is 12.0 Å². The maximum Gasteiger partial charge on any atom is 0.254 e. The number of carbonyl (C=O) groups is 1. The van der Waals surface area contributed by atoms with Crippen LogP contribution in [0, 0.1) is 6.92 Å². The molecule has 3 heterocycles. The number of hydrogen-bond acceptors (Lipinski definition) is 4. The molecular weight excluding hydrogens is 304 g/mol. The van der Waals surface area contributed by atoms with Gasteiger partial charge in [0, 0.05) is 18.5 Å². The second-order valence-electron chi connectivity index (χ2n) is 6.21. The van der Waals surface area contributed by atoms with E-state index in [1.165, 1.54) is 5.56 Å². The number of aryl methyl sites for hydroxylation is 2. The van der Waals surface area contributed by atoms with Gasteiger partial charge in [0.1, 0.15) is 6.10 Å². The van der Waals surface area contributed by atoms with E-state index in [9.17, 15) is 4.79 Å². The van der Waals surface area contributed by atoms with E-state index in [0.29, 0.717) is 19.0 Å². The average molecular weight is 324 g/mol. The molecule has 0 saturated carbocycles. The van der Waals surface area contributed by atoms with Gasteiger partial charge in [-0.1, -0.05) is 11.6 Å². The van der Waals surface area contributed by atoms with Crippen molar-refractivity contribution in [1.29, 1.82) is 0 Å². The predicted octanol–water partition coefficient (Wildman–Crippen LogP) is 3.03. The zero-order valence-electron chi connectivity index (χ0n) is 13.9. The second kappa shape index (κ2) is 5.87. The third-order valence-corrected chi connectivity index (χ3v) is 4.43. The number of rotatable bonds is 3. The SMILES string of the molecule is CCn1nc(NC(=O)[C@H]2CCCO2)c2cc3cc(C)ccc3nc21. The van der Waals surface area contributed by atoms with Gasteiger partial charge in [0.15, 0.2) is 11.5 Å². The monoisotopic (exact) mass is 324 g/mol. The number of nitrogens with zero attached hydrogens (tertiary/aromatic N) is 3. The Bertz CT molecular complexity index is 926. The molecule has 1 amide bonds. The van der Waals surface area contributed by atoms with Gasteiger partial charge in [-0.3, -0.25) is 4.79 Å². The highest BCUT2D eigenvalue weighted by Crippen LogP contribution is 2.27. The molecule has 1 aliphatic rings. The van der Waals surface area contributed by atoms with Crippen molar-refractivity contribution in [2.24, 2.45) is 0 Å². The van der Waals surface area contributed by atoms with Crippen LogP contribution in [0.25, 0.3) is 21.9 Å². The number of ether oxygens (including phenoxy) is 1. The van der Waals surface area contributed by atoms with Crippen molar-refractivity contribution in [2.75, 3.05) is 11.9 Å². The second-order valence-corrected chi connectivity index (χ2v) is 6.21. The van der Waals surface area contributed by atoms with Crippen LogP contribution >= 0.6 is 0 Å². The number of pyridine rings is 1.